The van der Waals surface area contributed by atoms with Crippen LogP contribution in [0.2, 0.25) is 0 Å². The average Bonchev–Trinajstić information content (AvgIpc) is 2.19. The Bertz CT molecular complexity index is 520. The summed E-state index contributed by atoms with van der Waals surface area (Å²) in [5.74, 6) is -0.499. The highest BCUT2D eigenvalue weighted by Gasteiger charge is 2.22. The lowest BCUT2D eigenvalue weighted by Crippen LogP contribution is -2.05. The number of nitrogens with zero attached hydrogens (tertiary/aromatic N) is 1. The van der Waals surface area contributed by atoms with Gasteiger partial charge < -0.3 is 5.11 Å². The average molecular weight is 223 g/mol. The molecule has 0 saturated carbocycles. The van der Waals surface area contributed by atoms with Crippen molar-refractivity contribution in [3.63, 3.8) is 0 Å². The highest BCUT2D eigenvalue weighted by Crippen LogP contribution is 2.19. The van der Waals surface area contributed by atoms with E-state index in [9.17, 15) is 8.42 Å². The number of hydrogen-bond donors (Lipinski definition) is 1. The molecule has 1 aromatic carbocycles. The van der Waals surface area contributed by atoms with Crippen molar-refractivity contribution in [3.8, 4) is 6.07 Å². The predicted octanol–water partition coefficient (Wildman–Crippen LogP) is 1.77. The molecule has 0 aliphatic carbocycles. The Kier molecular flexibility index (Phi) is 3.12. The summed E-state index contributed by atoms with van der Waals surface area (Å²) in [4.78, 5) is -0.622. The van der Waals surface area contributed by atoms with Crippen LogP contribution in [0.25, 0.3) is 0 Å². The van der Waals surface area contributed by atoms with E-state index in [0.29, 0.717) is 0 Å². The molecule has 1 N–H and O–H groups in total. The zero-order valence-corrected chi connectivity index (χ0v) is 8.82. The monoisotopic (exact) mass is 223 g/mol. The van der Waals surface area contributed by atoms with Crippen LogP contribution in [0.1, 0.15) is 6.92 Å². The fourth-order valence-electron chi connectivity index (χ4n) is 1.05. The van der Waals surface area contributed by atoms with Crippen molar-refractivity contribution in [1.82, 2.24) is 0 Å². The summed E-state index contributed by atoms with van der Waals surface area (Å²) in [6.07, 6.45) is 0. The van der Waals surface area contributed by atoms with Gasteiger partial charge in [-0.2, -0.15) is 5.26 Å². The van der Waals surface area contributed by atoms with Crippen LogP contribution < -0.4 is 0 Å². The third kappa shape index (κ3) is 2.17. The maximum absolute atomic E-state index is 11.8. The summed E-state index contributed by atoms with van der Waals surface area (Å²) in [5.41, 5.74) is 0. The first kappa shape index (κ1) is 11.3. The lowest BCUT2D eigenvalue weighted by atomic mass is 10.4. The lowest BCUT2D eigenvalue weighted by molar-refractivity contribution is 0.412. The van der Waals surface area contributed by atoms with Gasteiger partial charge >= 0.3 is 0 Å². The molecule has 0 bridgehead atoms. The molecule has 0 radical (unpaired) electrons. The number of hydrogen-bond acceptors (Lipinski definition) is 4. The third-order valence-electron chi connectivity index (χ3n) is 1.75. The Morgan fingerprint density at radius 1 is 1.33 bits per heavy atom. The predicted molar refractivity (Wildman–Crippen MR) is 54.6 cm³/mol. The molecule has 0 aliphatic rings. The van der Waals surface area contributed by atoms with Gasteiger partial charge in [-0.05, 0) is 19.1 Å². The van der Waals surface area contributed by atoms with Crippen molar-refractivity contribution < 1.29 is 13.5 Å². The first-order valence-electron chi connectivity index (χ1n) is 4.10. The molecule has 78 valence electrons. The lowest BCUT2D eigenvalue weighted by Gasteiger charge is -2.02. The molecule has 0 saturated heterocycles. The smallest absolute Gasteiger partial charge is 0.219 e. The van der Waals surface area contributed by atoms with Gasteiger partial charge in [-0.25, -0.2) is 8.42 Å². The Hall–Kier alpha value is -1.80. The van der Waals surface area contributed by atoms with E-state index in [1.54, 1.807) is 18.2 Å². The second-order valence-electron chi connectivity index (χ2n) is 2.84. The van der Waals surface area contributed by atoms with Gasteiger partial charge in [-0.1, -0.05) is 18.2 Å². The van der Waals surface area contributed by atoms with Crippen LogP contribution in [-0.2, 0) is 9.84 Å². The van der Waals surface area contributed by atoms with Crippen LogP contribution in [-0.4, -0.2) is 13.5 Å². The van der Waals surface area contributed by atoms with Crippen LogP contribution in [0.3, 0.4) is 0 Å². The Morgan fingerprint density at radius 2 is 1.87 bits per heavy atom. The summed E-state index contributed by atoms with van der Waals surface area (Å²) < 4.78 is 23.5. The van der Waals surface area contributed by atoms with E-state index in [0.717, 1.165) is 0 Å². The molecule has 0 spiro atoms. The highest BCUT2D eigenvalue weighted by atomic mass is 32.2. The summed E-state index contributed by atoms with van der Waals surface area (Å²) >= 11 is 0. The first-order valence-corrected chi connectivity index (χ1v) is 5.58. The maximum atomic E-state index is 11.8. The zero-order chi connectivity index (χ0) is 11.5. The van der Waals surface area contributed by atoms with Crippen LogP contribution in [0.4, 0.5) is 0 Å². The second kappa shape index (κ2) is 4.15. The minimum atomic E-state index is -3.88. The molecule has 1 rings (SSSR count). The number of aliphatic hydroxyl groups excluding tert-OH is 1. The van der Waals surface area contributed by atoms with Crippen molar-refractivity contribution >= 4 is 9.84 Å². The summed E-state index contributed by atoms with van der Waals surface area (Å²) in [7, 11) is -3.88. The van der Waals surface area contributed by atoms with Gasteiger partial charge in [0.1, 0.15) is 11.8 Å². The van der Waals surface area contributed by atoms with Crippen molar-refractivity contribution in [2.75, 3.05) is 0 Å². The van der Waals surface area contributed by atoms with Gasteiger partial charge in [-0.3, -0.25) is 0 Å². The SMILES string of the molecule is C/C(O)=C(/C#N)S(=O)(=O)c1ccccc1. The van der Waals surface area contributed by atoms with E-state index in [1.165, 1.54) is 25.1 Å². The summed E-state index contributed by atoms with van der Waals surface area (Å²) in [5, 5.41) is 17.7. The molecular formula is C10H9NO3S. The molecule has 5 heteroatoms. The van der Waals surface area contributed by atoms with Crippen LogP contribution >= 0.6 is 0 Å². The van der Waals surface area contributed by atoms with Gasteiger partial charge in [0.05, 0.1) is 4.90 Å². The van der Waals surface area contributed by atoms with E-state index < -0.39 is 20.5 Å². The van der Waals surface area contributed by atoms with Gasteiger partial charge in [-0.15, -0.1) is 0 Å². The quantitative estimate of drug-likeness (QED) is 0.612. The van der Waals surface area contributed by atoms with Gasteiger partial charge in [0, 0.05) is 0 Å². The van der Waals surface area contributed by atoms with E-state index in [-0.39, 0.29) is 4.90 Å². The Balaban J connectivity index is 3.41. The fraction of sp³-hybridized carbons (Fsp3) is 0.100. The van der Waals surface area contributed by atoms with Crippen molar-refractivity contribution in [3.05, 3.63) is 41.0 Å². The molecule has 0 fully saturated rings. The number of nitriles is 1. The van der Waals surface area contributed by atoms with Crippen molar-refractivity contribution in [2.24, 2.45) is 0 Å². The Labute approximate surface area is 88.0 Å². The number of benzene rings is 1. The third-order valence-corrected chi connectivity index (χ3v) is 3.57. The van der Waals surface area contributed by atoms with Gasteiger partial charge in [0.15, 0.2) is 4.91 Å². The molecule has 0 amide bonds. The zero-order valence-electron chi connectivity index (χ0n) is 8.01. The topological polar surface area (TPSA) is 78.2 Å². The molecule has 4 nitrogen and oxygen atoms in total. The summed E-state index contributed by atoms with van der Waals surface area (Å²) in [6, 6.07) is 8.99. The van der Waals surface area contributed by atoms with E-state index in [1.807, 2.05) is 0 Å². The number of rotatable bonds is 2. The molecular weight excluding hydrogens is 214 g/mol. The number of allylic oxidation sites excluding steroid dienone is 2. The van der Waals surface area contributed by atoms with Crippen molar-refractivity contribution in [1.29, 1.82) is 5.26 Å². The molecule has 0 aliphatic heterocycles. The van der Waals surface area contributed by atoms with E-state index >= 15 is 0 Å². The van der Waals surface area contributed by atoms with E-state index in [2.05, 4.69) is 0 Å². The normalized spacial score (nSPS) is 12.8. The molecule has 15 heavy (non-hydrogen) atoms. The van der Waals surface area contributed by atoms with E-state index in [4.69, 9.17) is 10.4 Å². The maximum Gasteiger partial charge on any atom is 0.219 e. The molecule has 0 heterocycles. The van der Waals surface area contributed by atoms with Crippen LogP contribution in [0, 0.1) is 11.3 Å². The number of sulfone groups is 1. The van der Waals surface area contributed by atoms with Gasteiger partial charge in [0.2, 0.25) is 9.84 Å². The van der Waals surface area contributed by atoms with Crippen LogP contribution in [0.5, 0.6) is 0 Å². The summed E-state index contributed by atoms with van der Waals surface area (Å²) in [6.45, 7) is 1.17. The molecule has 1 aromatic rings. The Morgan fingerprint density at radius 3 is 2.27 bits per heavy atom. The minimum Gasteiger partial charge on any atom is -0.510 e. The molecule has 0 aromatic heterocycles. The standard InChI is InChI=1S/C10H9NO3S/c1-8(12)10(7-11)15(13,14)9-5-3-2-4-6-9/h2-6,12H,1H3/b10-8+. The van der Waals surface area contributed by atoms with Crippen LogP contribution in [0.15, 0.2) is 45.9 Å². The highest BCUT2D eigenvalue weighted by molar-refractivity contribution is 7.95. The first-order chi connectivity index (χ1) is 7.00. The fourth-order valence-corrected chi connectivity index (χ4v) is 2.31. The molecule has 0 atom stereocenters. The van der Waals surface area contributed by atoms with Gasteiger partial charge in [0.25, 0.3) is 0 Å². The van der Waals surface area contributed by atoms with Crippen molar-refractivity contribution in [2.45, 2.75) is 11.8 Å². The molecule has 0 unspecified atom stereocenters. The number of aliphatic hydroxyl groups is 1. The second-order valence-corrected chi connectivity index (χ2v) is 4.73. The minimum absolute atomic E-state index is 0.00468. The largest absolute Gasteiger partial charge is 0.510 e.